The van der Waals surface area contributed by atoms with Crippen LogP contribution >= 0.6 is 0 Å². The highest BCUT2D eigenvalue weighted by atomic mass is 32.2. The molecule has 2 heterocycles. The summed E-state index contributed by atoms with van der Waals surface area (Å²) in [5, 5.41) is 2.57. The Morgan fingerprint density at radius 1 is 1.03 bits per heavy atom. The lowest BCUT2D eigenvalue weighted by Gasteiger charge is -2.19. The van der Waals surface area contributed by atoms with Gasteiger partial charge in [0, 0.05) is 18.2 Å². The number of benzene rings is 2. The van der Waals surface area contributed by atoms with E-state index in [1.807, 2.05) is 6.07 Å². The van der Waals surface area contributed by atoms with Crippen molar-refractivity contribution in [3.63, 3.8) is 0 Å². The van der Waals surface area contributed by atoms with Gasteiger partial charge in [-0.3, -0.25) is 4.79 Å². The van der Waals surface area contributed by atoms with Crippen molar-refractivity contribution in [2.75, 3.05) is 4.90 Å². The van der Waals surface area contributed by atoms with E-state index in [1.54, 1.807) is 43.3 Å². The van der Waals surface area contributed by atoms with Gasteiger partial charge in [0.25, 0.3) is 15.7 Å². The second-order valence-electron chi connectivity index (χ2n) is 7.68. The first kappa shape index (κ1) is 24.2. The minimum absolute atomic E-state index is 0.0637. The fourth-order valence-corrected chi connectivity index (χ4v) is 4.32. The molecule has 8 nitrogen and oxygen atoms in total. The number of para-hydroxylation sites is 1. The summed E-state index contributed by atoms with van der Waals surface area (Å²) in [5.41, 5.74) is -4.88. The minimum Gasteiger partial charge on any atom is -0.439 e. The molecular weight excluding hydrogens is 487 g/mol. The van der Waals surface area contributed by atoms with Crippen LogP contribution < -0.4 is 15.0 Å². The average molecular weight is 505 g/mol. The van der Waals surface area contributed by atoms with Gasteiger partial charge in [0.05, 0.1) is 10.6 Å². The van der Waals surface area contributed by atoms with Crippen molar-refractivity contribution in [3.05, 3.63) is 78.5 Å². The van der Waals surface area contributed by atoms with Gasteiger partial charge in [0.2, 0.25) is 5.88 Å². The van der Waals surface area contributed by atoms with E-state index in [-0.39, 0.29) is 11.6 Å². The Morgan fingerprint density at radius 3 is 2.31 bits per heavy atom. The zero-order valence-corrected chi connectivity index (χ0v) is 18.9. The number of hydrogen-bond acceptors (Lipinski definition) is 6. The Bertz CT molecular complexity index is 1360. The van der Waals surface area contributed by atoms with Crippen LogP contribution in [0.25, 0.3) is 0 Å². The summed E-state index contributed by atoms with van der Waals surface area (Å²) in [4.78, 5) is 29.5. The molecule has 4 rings (SSSR count). The molecule has 1 saturated heterocycles. The predicted octanol–water partition coefficient (Wildman–Crippen LogP) is 4.40. The second kappa shape index (κ2) is 9.02. The second-order valence-corrected chi connectivity index (χ2v) is 9.62. The van der Waals surface area contributed by atoms with Crippen LogP contribution in [-0.4, -0.2) is 36.9 Å². The van der Waals surface area contributed by atoms with E-state index in [9.17, 15) is 31.2 Å². The van der Waals surface area contributed by atoms with Gasteiger partial charge in [-0.2, -0.15) is 13.2 Å². The zero-order chi connectivity index (χ0) is 25.4. The molecular formula is C23H18F3N3O5S. The smallest absolute Gasteiger partial charge is 0.439 e. The van der Waals surface area contributed by atoms with E-state index >= 15 is 0 Å². The first-order valence-electron chi connectivity index (χ1n) is 10.2. The number of nitrogens with one attached hydrogen (secondary N) is 1. The Morgan fingerprint density at radius 2 is 1.69 bits per heavy atom. The van der Waals surface area contributed by atoms with E-state index in [0.717, 1.165) is 17.0 Å². The molecule has 3 aromatic rings. The number of nitrogens with zero attached hydrogens (tertiary/aromatic N) is 2. The summed E-state index contributed by atoms with van der Waals surface area (Å²) in [6, 6.07) is 13.8. The number of pyridine rings is 1. The van der Waals surface area contributed by atoms with Crippen molar-refractivity contribution in [1.29, 1.82) is 0 Å². The first-order chi connectivity index (χ1) is 16.5. The van der Waals surface area contributed by atoms with Crippen molar-refractivity contribution in [2.24, 2.45) is 0 Å². The highest BCUT2D eigenvalue weighted by Gasteiger charge is 2.47. The van der Waals surface area contributed by atoms with Gasteiger partial charge in [0.15, 0.2) is 0 Å². The lowest BCUT2D eigenvalue weighted by atomic mass is 9.94. The molecule has 2 unspecified atom stereocenters. The van der Waals surface area contributed by atoms with Crippen LogP contribution in [0.1, 0.15) is 18.4 Å². The molecule has 0 radical (unpaired) electrons. The Labute approximate surface area is 198 Å². The van der Waals surface area contributed by atoms with Crippen molar-refractivity contribution in [3.8, 4) is 11.6 Å². The normalized spacial score (nSPS) is 17.3. The maximum absolute atomic E-state index is 13.0. The summed E-state index contributed by atoms with van der Waals surface area (Å²) >= 11 is 0. The summed E-state index contributed by atoms with van der Waals surface area (Å²) in [5.74, 6) is -0.299. The van der Waals surface area contributed by atoms with E-state index in [2.05, 4.69) is 10.3 Å². The molecule has 3 amide bonds. The molecule has 2 aromatic carbocycles. The van der Waals surface area contributed by atoms with Crippen LogP contribution in [0.2, 0.25) is 0 Å². The molecule has 1 aliphatic rings. The topological polar surface area (TPSA) is 106 Å². The largest absolute Gasteiger partial charge is 0.501 e. The van der Waals surface area contributed by atoms with Gasteiger partial charge >= 0.3 is 11.5 Å². The number of sulfone groups is 1. The van der Waals surface area contributed by atoms with Gasteiger partial charge < -0.3 is 10.1 Å². The summed E-state index contributed by atoms with van der Waals surface area (Å²) in [6.07, 6.45) is 1.50. The highest BCUT2D eigenvalue weighted by molar-refractivity contribution is 7.92. The number of carbonyl (C=O) groups is 2. The number of alkyl halides is 3. The fraction of sp³-hybridized carbons (Fsp3) is 0.174. The van der Waals surface area contributed by atoms with Crippen molar-refractivity contribution >= 4 is 27.5 Å². The van der Waals surface area contributed by atoms with Crippen LogP contribution in [0, 0.1) is 0 Å². The van der Waals surface area contributed by atoms with Gasteiger partial charge in [-0.25, -0.2) is 23.1 Å². The van der Waals surface area contributed by atoms with Gasteiger partial charge in [0.1, 0.15) is 11.8 Å². The summed E-state index contributed by atoms with van der Waals surface area (Å²) in [6.45, 7) is 1.72. The lowest BCUT2D eigenvalue weighted by molar-refractivity contribution is -0.118. The molecule has 182 valence electrons. The van der Waals surface area contributed by atoms with Crippen molar-refractivity contribution < 1.29 is 35.9 Å². The Hall–Kier alpha value is -3.93. The lowest BCUT2D eigenvalue weighted by Crippen LogP contribution is -2.34. The molecule has 2 atom stereocenters. The number of carbonyl (C=O) groups excluding carboxylic acids is 2. The van der Waals surface area contributed by atoms with Crippen LogP contribution in [0.4, 0.5) is 23.7 Å². The predicted molar refractivity (Wildman–Crippen MR) is 119 cm³/mol. The number of aromatic nitrogens is 1. The van der Waals surface area contributed by atoms with Crippen LogP contribution in [-0.2, 0) is 14.6 Å². The third kappa shape index (κ3) is 4.69. The molecule has 0 spiro atoms. The molecule has 12 heteroatoms. The molecule has 1 fully saturated rings. The maximum Gasteiger partial charge on any atom is 0.501 e. The van der Waals surface area contributed by atoms with Crippen molar-refractivity contribution in [2.45, 2.75) is 29.3 Å². The van der Waals surface area contributed by atoms with Crippen LogP contribution in [0.15, 0.2) is 77.8 Å². The quantitative estimate of drug-likeness (QED) is 0.498. The summed E-state index contributed by atoms with van der Waals surface area (Å²) < 4.78 is 67.1. The van der Waals surface area contributed by atoms with E-state index < -0.39 is 44.1 Å². The van der Waals surface area contributed by atoms with Gasteiger partial charge in [-0.1, -0.05) is 25.1 Å². The fourth-order valence-electron chi connectivity index (χ4n) is 3.56. The minimum atomic E-state index is -5.55. The molecule has 0 bridgehead atoms. The number of hydrogen-bond donors (Lipinski definition) is 1. The van der Waals surface area contributed by atoms with Gasteiger partial charge in [-0.05, 0) is 48.0 Å². The van der Waals surface area contributed by atoms with E-state index in [4.69, 9.17) is 4.74 Å². The van der Waals surface area contributed by atoms with Crippen LogP contribution in [0.5, 0.6) is 11.6 Å². The maximum atomic E-state index is 13.0. The molecule has 0 saturated carbocycles. The Balaban J connectivity index is 1.54. The van der Waals surface area contributed by atoms with E-state index in [1.165, 1.54) is 6.20 Å². The number of halogens is 3. The SMILES string of the molecule is CC(c1ccnc(Oc2ccccc2)c1)C1NC(=O)N(c2ccc(S(=O)(=O)C(F)(F)F)cc2)C1=O. The molecule has 1 aliphatic heterocycles. The van der Waals surface area contributed by atoms with Crippen molar-refractivity contribution in [1.82, 2.24) is 10.3 Å². The van der Waals surface area contributed by atoms with Gasteiger partial charge in [-0.15, -0.1) is 0 Å². The third-order valence-electron chi connectivity index (χ3n) is 5.43. The molecule has 1 aromatic heterocycles. The third-order valence-corrected chi connectivity index (χ3v) is 6.93. The van der Waals surface area contributed by atoms with Crippen LogP contribution in [0.3, 0.4) is 0 Å². The standard InChI is InChI=1S/C23H18F3N3O5S/c1-14(15-11-12-27-19(13-15)34-17-5-3-2-4-6-17)20-21(30)29(22(31)28-20)16-7-9-18(10-8-16)35(32,33)23(24,25)26/h2-14,20H,1H3,(H,28,31). The highest BCUT2D eigenvalue weighted by Crippen LogP contribution is 2.33. The summed E-state index contributed by atoms with van der Waals surface area (Å²) in [7, 11) is -5.55. The zero-order valence-electron chi connectivity index (χ0n) is 18.1. The number of amides is 3. The number of anilines is 1. The molecule has 35 heavy (non-hydrogen) atoms. The Kier molecular flexibility index (Phi) is 6.24. The van der Waals surface area contributed by atoms with E-state index in [0.29, 0.717) is 23.4 Å². The number of ether oxygens (including phenoxy) is 1. The number of imide groups is 1. The average Bonchev–Trinajstić information content (AvgIpc) is 3.12. The molecule has 0 aliphatic carbocycles. The monoisotopic (exact) mass is 505 g/mol. The molecule has 1 N–H and O–H groups in total. The number of rotatable bonds is 6. The first-order valence-corrected chi connectivity index (χ1v) is 11.7. The number of urea groups is 1.